The third-order valence-electron chi connectivity index (χ3n) is 2.30. The molecule has 0 radical (unpaired) electrons. The fourth-order valence-electron chi connectivity index (χ4n) is 1.36. The van der Waals surface area contributed by atoms with Crippen molar-refractivity contribution in [1.29, 1.82) is 0 Å². The summed E-state index contributed by atoms with van der Waals surface area (Å²) in [6.45, 7) is 6.71. The Hall–Kier alpha value is -2.12. The summed E-state index contributed by atoms with van der Waals surface area (Å²) in [6.07, 6.45) is 3.69. The van der Waals surface area contributed by atoms with Gasteiger partial charge in [0.2, 0.25) is 0 Å². The molecule has 3 nitrogen and oxygen atoms in total. The summed E-state index contributed by atoms with van der Waals surface area (Å²) >= 11 is 0. The number of rotatable bonds is 2. The number of benzene rings is 1. The van der Waals surface area contributed by atoms with Crippen molar-refractivity contribution in [3.05, 3.63) is 54.4 Å². The van der Waals surface area contributed by atoms with Gasteiger partial charge < -0.3 is 0 Å². The fraction of sp³-hybridized carbons (Fsp3) is 0.200. The van der Waals surface area contributed by atoms with Gasteiger partial charge >= 0.3 is 0 Å². The van der Waals surface area contributed by atoms with Crippen LogP contribution in [0.2, 0.25) is 19.6 Å². The number of hydrogen-bond acceptors (Lipinski definition) is 2. The monoisotopic (exact) mass is 267 g/mol. The SMILES string of the molecule is C[Si](C)(C)C#Cc1ccc(N=Nn2cccc2)cc1. The second kappa shape index (κ2) is 5.68. The van der Waals surface area contributed by atoms with Crippen molar-refractivity contribution in [2.75, 3.05) is 0 Å². The Morgan fingerprint density at radius 3 is 2.21 bits per heavy atom. The molecular formula is C15H17N3Si. The molecule has 1 heterocycles. The Kier molecular flexibility index (Phi) is 3.98. The van der Waals surface area contributed by atoms with Crippen molar-refractivity contribution in [3.8, 4) is 11.5 Å². The van der Waals surface area contributed by atoms with E-state index in [2.05, 4.69) is 41.4 Å². The first kappa shape index (κ1) is 13.3. The zero-order valence-corrected chi connectivity index (χ0v) is 12.5. The van der Waals surface area contributed by atoms with Crippen LogP contribution in [0.5, 0.6) is 0 Å². The van der Waals surface area contributed by atoms with Gasteiger partial charge in [-0.2, -0.15) is 0 Å². The fourth-order valence-corrected chi connectivity index (χ4v) is 1.88. The summed E-state index contributed by atoms with van der Waals surface area (Å²) in [5, 5.41) is 8.21. The third-order valence-corrected chi connectivity index (χ3v) is 3.18. The molecule has 0 atom stereocenters. The number of hydrogen-bond donors (Lipinski definition) is 0. The smallest absolute Gasteiger partial charge is 0.129 e. The Morgan fingerprint density at radius 2 is 1.63 bits per heavy atom. The van der Waals surface area contributed by atoms with E-state index < -0.39 is 8.07 Å². The lowest BCUT2D eigenvalue weighted by atomic mass is 10.2. The molecule has 0 aliphatic carbocycles. The van der Waals surface area contributed by atoms with Crippen molar-refractivity contribution in [3.63, 3.8) is 0 Å². The van der Waals surface area contributed by atoms with E-state index in [1.165, 1.54) is 0 Å². The average Bonchev–Trinajstić information content (AvgIpc) is 2.87. The number of aromatic nitrogens is 1. The summed E-state index contributed by atoms with van der Waals surface area (Å²) in [7, 11) is -1.31. The number of nitrogens with zero attached hydrogens (tertiary/aromatic N) is 3. The van der Waals surface area contributed by atoms with E-state index in [9.17, 15) is 0 Å². The highest BCUT2D eigenvalue weighted by atomic mass is 28.3. The second-order valence-corrected chi connectivity index (χ2v) is 10.0. The standard InChI is InChI=1S/C15H17N3Si/c1-19(2,3)13-10-14-6-8-15(9-7-14)16-17-18-11-4-5-12-18/h4-9,11-12H,1-3H3. The summed E-state index contributed by atoms with van der Waals surface area (Å²) in [5.74, 6) is 3.22. The molecule has 19 heavy (non-hydrogen) atoms. The highest BCUT2D eigenvalue weighted by molar-refractivity contribution is 6.83. The van der Waals surface area contributed by atoms with Crippen LogP contribution in [-0.2, 0) is 0 Å². The van der Waals surface area contributed by atoms with E-state index in [0.29, 0.717) is 0 Å². The molecule has 0 aliphatic heterocycles. The molecule has 1 aromatic heterocycles. The van der Waals surface area contributed by atoms with Crippen LogP contribution in [0.25, 0.3) is 0 Å². The van der Waals surface area contributed by atoms with Crippen LogP contribution in [0, 0.1) is 11.5 Å². The first-order valence-corrected chi connectivity index (χ1v) is 9.71. The molecule has 2 aromatic rings. The van der Waals surface area contributed by atoms with E-state index in [0.717, 1.165) is 11.3 Å². The van der Waals surface area contributed by atoms with Gasteiger partial charge in [-0.25, -0.2) is 4.68 Å². The molecule has 0 saturated heterocycles. The molecule has 0 amide bonds. The lowest BCUT2D eigenvalue weighted by Gasteiger charge is -2.03. The highest BCUT2D eigenvalue weighted by Gasteiger charge is 2.07. The summed E-state index contributed by atoms with van der Waals surface area (Å²) < 4.78 is 1.67. The first-order chi connectivity index (χ1) is 9.03. The summed E-state index contributed by atoms with van der Waals surface area (Å²) in [4.78, 5) is 0. The van der Waals surface area contributed by atoms with Crippen LogP contribution in [0.1, 0.15) is 5.56 Å². The Balaban J connectivity index is 2.08. The zero-order chi connectivity index (χ0) is 13.7. The van der Waals surface area contributed by atoms with Crippen molar-refractivity contribution in [1.82, 2.24) is 4.68 Å². The molecule has 1 aromatic carbocycles. The van der Waals surface area contributed by atoms with E-state index in [1.807, 2.05) is 48.8 Å². The van der Waals surface area contributed by atoms with Gasteiger partial charge in [-0.3, -0.25) is 0 Å². The maximum Gasteiger partial charge on any atom is 0.129 e. The van der Waals surface area contributed by atoms with Gasteiger partial charge in [-0.1, -0.05) is 30.8 Å². The molecule has 0 unspecified atom stereocenters. The van der Waals surface area contributed by atoms with Crippen LogP contribution >= 0.6 is 0 Å². The minimum Gasteiger partial charge on any atom is -0.230 e. The predicted octanol–water partition coefficient (Wildman–Crippen LogP) is 4.26. The molecule has 4 heteroatoms. The second-order valence-electron chi connectivity index (χ2n) is 5.30. The zero-order valence-electron chi connectivity index (χ0n) is 11.5. The Morgan fingerprint density at radius 1 is 1.00 bits per heavy atom. The quantitative estimate of drug-likeness (QED) is 0.442. The van der Waals surface area contributed by atoms with Crippen LogP contribution in [-0.4, -0.2) is 12.7 Å². The minimum atomic E-state index is -1.31. The van der Waals surface area contributed by atoms with Gasteiger partial charge in [0.25, 0.3) is 0 Å². The van der Waals surface area contributed by atoms with Gasteiger partial charge in [-0.05, 0) is 36.4 Å². The van der Waals surface area contributed by atoms with E-state index in [-0.39, 0.29) is 0 Å². The summed E-state index contributed by atoms with van der Waals surface area (Å²) in [6, 6.07) is 11.7. The summed E-state index contributed by atoms with van der Waals surface area (Å²) in [5.41, 5.74) is 5.20. The van der Waals surface area contributed by atoms with Gasteiger partial charge in [0.15, 0.2) is 0 Å². The van der Waals surface area contributed by atoms with Gasteiger partial charge in [0.1, 0.15) is 8.07 Å². The molecule has 0 fully saturated rings. The predicted molar refractivity (Wildman–Crippen MR) is 81.0 cm³/mol. The van der Waals surface area contributed by atoms with Crippen LogP contribution < -0.4 is 0 Å². The van der Waals surface area contributed by atoms with Crippen molar-refractivity contribution >= 4 is 13.8 Å². The highest BCUT2D eigenvalue weighted by Crippen LogP contribution is 2.13. The maximum absolute atomic E-state index is 4.15. The van der Waals surface area contributed by atoms with Crippen LogP contribution in [0.15, 0.2) is 59.1 Å². The molecule has 0 saturated carbocycles. The maximum atomic E-state index is 4.15. The average molecular weight is 267 g/mol. The molecule has 2 rings (SSSR count). The minimum absolute atomic E-state index is 0.826. The Labute approximate surface area is 115 Å². The third kappa shape index (κ3) is 4.57. The topological polar surface area (TPSA) is 29.6 Å². The molecule has 0 N–H and O–H groups in total. The Bertz CT molecular complexity index is 608. The normalized spacial score (nSPS) is 11.3. The van der Waals surface area contributed by atoms with Crippen molar-refractivity contribution in [2.45, 2.75) is 19.6 Å². The first-order valence-electron chi connectivity index (χ1n) is 6.21. The van der Waals surface area contributed by atoms with Crippen molar-refractivity contribution in [2.24, 2.45) is 10.3 Å². The molecule has 0 spiro atoms. The van der Waals surface area contributed by atoms with Crippen molar-refractivity contribution < 1.29 is 0 Å². The van der Waals surface area contributed by atoms with Gasteiger partial charge in [0.05, 0.1) is 5.69 Å². The molecule has 96 valence electrons. The van der Waals surface area contributed by atoms with E-state index in [4.69, 9.17) is 0 Å². The van der Waals surface area contributed by atoms with Crippen LogP contribution in [0.3, 0.4) is 0 Å². The van der Waals surface area contributed by atoms with Gasteiger partial charge in [-0.15, -0.1) is 10.7 Å². The van der Waals surface area contributed by atoms with E-state index in [1.54, 1.807) is 4.68 Å². The van der Waals surface area contributed by atoms with E-state index >= 15 is 0 Å². The molecular weight excluding hydrogens is 250 g/mol. The lowest BCUT2D eigenvalue weighted by Crippen LogP contribution is -2.16. The molecule has 0 aliphatic rings. The van der Waals surface area contributed by atoms with Crippen LogP contribution in [0.4, 0.5) is 5.69 Å². The van der Waals surface area contributed by atoms with Gasteiger partial charge in [0, 0.05) is 18.0 Å². The lowest BCUT2D eigenvalue weighted by molar-refractivity contribution is 0.811. The largest absolute Gasteiger partial charge is 0.230 e. The molecule has 0 bridgehead atoms.